The normalized spacial score (nSPS) is 15.9. The van der Waals surface area contributed by atoms with Gasteiger partial charge in [-0.05, 0) is 43.0 Å². The highest BCUT2D eigenvalue weighted by Crippen LogP contribution is 2.35. The molecule has 0 saturated heterocycles. The van der Waals surface area contributed by atoms with Crippen LogP contribution >= 0.6 is 11.8 Å². The summed E-state index contributed by atoms with van der Waals surface area (Å²) in [5.41, 5.74) is 3.12. The summed E-state index contributed by atoms with van der Waals surface area (Å²) in [7, 11) is 0. The Labute approximate surface area is 161 Å². The fourth-order valence-corrected chi connectivity index (χ4v) is 3.61. The molecular formula is C20H19N5OS. The lowest BCUT2D eigenvalue weighted by molar-refractivity contribution is -0.113. The number of carbonyl (C=O) groups is 1. The van der Waals surface area contributed by atoms with Crippen molar-refractivity contribution in [1.29, 1.82) is 0 Å². The Balaban J connectivity index is 1.75. The van der Waals surface area contributed by atoms with Crippen molar-refractivity contribution in [2.24, 2.45) is 0 Å². The van der Waals surface area contributed by atoms with Crippen LogP contribution in [0.2, 0.25) is 0 Å². The van der Waals surface area contributed by atoms with Crippen molar-refractivity contribution in [2.45, 2.75) is 17.9 Å². The number of fused-ring (bicyclic) bond motifs is 1. The molecule has 3 aromatic rings. The molecule has 1 aliphatic heterocycles. The Kier molecular flexibility index (Phi) is 4.68. The molecule has 2 heterocycles. The van der Waals surface area contributed by atoms with Gasteiger partial charge in [-0.25, -0.2) is 4.68 Å². The van der Waals surface area contributed by atoms with Gasteiger partial charge in [-0.3, -0.25) is 4.79 Å². The van der Waals surface area contributed by atoms with E-state index in [4.69, 9.17) is 0 Å². The molecule has 0 fully saturated rings. The monoisotopic (exact) mass is 377 g/mol. The van der Waals surface area contributed by atoms with Crippen LogP contribution in [0.1, 0.15) is 18.5 Å². The second-order valence-corrected chi connectivity index (χ2v) is 7.07. The molecule has 0 radical (unpaired) electrons. The van der Waals surface area contributed by atoms with Gasteiger partial charge in [0, 0.05) is 16.3 Å². The molecule has 0 bridgehead atoms. The minimum absolute atomic E-state index is 0.161. The molecule has 0 saturated carbocycles. The van der Waals surface area contributed by atoms with Crippen molar-refractivity contribution in [3.63, 3.8) is 0 Å². The Morgan fingerprint density at radius 2 is 1.89 bits per heavy atom. The number of hydrogen-bond donors (Lipinski definition) is 2. The van der Waals surface area contributed by atoms with Crippen molar-refractivity contribution in [1.82, 2.24) is 14.8 Å². The number of aromatic nitrogens is 3. The van der Waals surface area contributed by atoms with Gasteiger partial charge in [0.15, 0.2) is 0 Å². The van der Waals surface area contributed by atoms with Crippen molar-refractivity contribution in [2.75, 3.05) is 16.9 Å². The first-order valence-corrected chi connectivity index (χ1v) is 9.77. The number of para-hydroxylation sites is 1. The maximum Gasteiger partial charge on any atom is 0.255 e. The van der Waals surface area contributed by atoms with Gasteiger partial charge < -0.3 is 10.6 Å². The number of thioether (sulfide) groups is 1. The molecule has 4 rings (SSSR count). The van der Waals surface area contributed by atoms with Crippen LogP contribution in [-0.2, 0) is 4.79 Å². The molecule has 27 heavy (non-hydrogen) atoms. The highest BCUT2D eigenvalue weighted by molar-refractivity contribution is 7.98. The average Bonchev–Trinajstić information content (AvgIpc) is 3.15. The summed E-state index contributed by atoms with van der Waals surface area (Å²) < 4.78 is 1.75. The van der Waals surface area contributed by atoms with E-state index in [9.17, 15) is 4.79 Å². The van der Waals surface area contributed by atoms with Crippen LogP contribution in [0.15, 0.2) is 77.1 Å². The lowest BCUT2D eigenvalue weighted by Crippen LogP contribution is -2.31. The number of nitrogens with zero attached hydrogens (tertiary/aromatic N) is 3. The van der Waals surface area contributed by atoms with Crippen LogP contribution < -0.4 is 10.6 Å². The number of anilines is 2. The zero-order chi connectivity index (χ0) is 18.8. The van der Waals surface area contributed by atoms with E-state index >= 15 is 0 Å². The highest BCUT2D eigenvalue weighted by Gasteiger charge is 2.33. The fourth-order valence-electron chi connectivity index (χ4n) is 3.20. The van der Waals surface area contributed by atoms with E-state index in [1.54, 1.807) is 16.4 Å². The Morgan fingerprint density at radius 1 is 1.15 bits per heavy atom. The van der Waals surface area contributed by atoms with Gasteiger partial charge in [0.2, 0.25) is 5.95 Å². The molecule has 136 valence electrons. The summed E-state index contributed by atoms with van der Waals surface area (Å²) in [5.74, 6) is 0.467. The third kappa shape index (κ3) is 3.33. The van der Waals surface area contributed by atoms with E-state index < -0.39 is 0 Å². The quantitative estimate of drug-likeness (QED) is 0.674. The first kappa shape index (κ1) is 17.4. The molecule has 1 aliphatic rings. The number of benzene rings is 2. The van der Waals surface area contributed by atoms with Crippen LogP contribution in [0, 0.1) is 0 Å². The van der Waals surface area contributed by atoms with Crippen LogP contribution in [0.3, 0.4) is 0 Å². The molecule has 1 amide bonds. The Bertz CT molecular complexity index is 995. The second-order valence-electron chi connectivity index (χ2n) is 6.19. The third-order valence-electron chi connectivity index (χ3n) is 4.50. The zero-order valence-electron chi connectivity index (χ0n) is 15.0. The minimum atomic E-state index is -0.344. The molecule has 7 heteroatoms. The summed E-state index contributed by atoms with van der Waals surface area (Å²) in [6.45, 7) is 1.89. The van der Waals surface area contributed by atoms with Gasteiger partial charge in [0.1, 0.15) is 12.4 Å². The van der Waals surface area contributed by atoms with Gasteiger partial charge in [0.25, 0.3) is 5.91 Å². The van der Waals surface area contributed by atoms with E-state index in [-0.39, 0.29) is 11.9 Å². The topological polar surface area (TPSA) is 71.8 Å². The highest BCUT2D eigenvalue weighted by atomic mass is 32.2. The van der Waals surface area contributed by atoms with Crippen molar-refractivity contribution in [3.05, 3.63) is 77.8 Å². The van der Waals surface area contributed by atoms with Crippen LogP contribution in [0.5, 0.6) is 0 Å². The SMILES string of the molecule is CSc1ccc([C@@H]2C(C(=O)Nc3ccccc3)=C(C)Nc3ncnn32)cc1. The number of allylic oxidation sites excluding steroid dienone is 1. The van der Waals surface area contributed by atoms with Gasteiger partial charge >= 0.3 is 0 Å². The first-order chi connectivity index (χ1) is 13.2. The van der Waals surface area contributed by atoms with Gasteiger partial charge in [-0.2, -0.15) is 10.1 Å². The van der Waals surface area contributed by atoms with Crippen molar-refractivity contribution < 1.29 is 4.79 Å². The summed E-state index contributed by atoms with van der Waals surface area (Å²) in [6.07, 6.45) is 3.54. The molecule has 1 aromatic heterocycles. The van der Waals surface area contributed by atoms with Crippen LogP contribution in [0.4, 0.5) is 11.6 Å². The number of carbonyl (C=O) groups excluding carboxylic acids is 1. The third-order valence-corrected chi connectivity index (χ3v) is 5.25. The number of rotatable bonds is 4. The summed E-state index contributed by atoms with van der Waals surface area (Å²) in [5, 5.41) is 10.5. The van der Waals surface area contributed by atoms with Crippen LogP contribution in [-0.4, -0.2) is 26.9 Å². The number of nitrogens with one attached hydrogen (secondary N) is 2. The maximum atomic E-state index is 13.1. The number of amides is 1. The minimum Gasteiger partial charge on any atom is -0.328 e. The Morgan fingerprint density at radius 3 is 2.59 bits per heavy atom. The first-order valence-electron chi connectivity index (χ1n) is 8.55. The van der Waals surface area contributed by atoms with E-state index in [1.807, 2.05) is 55.6 Å². The van der Waals surface area contributed by atoms with Crippen molar-refractivity contribution >= 4 is 29.3 Å². The molecule has 0 aliphatic carbocycles. The predicted molar refractivity (Wildman–Crippen MR) is 108 cm³/mol. The van der Waals surface area contributed by atoms with Gasteiger partial charge in [0.05, 0.1) is 5.57 Å². The smallest absolute Gasteiger partial charge is 0.255 e. The van der Waals surface area contributed by atoms with Crippen molar-refractivity contribution in [3.8, 4) is 0 Å². The fraction of sp³-hybridized carbons (Fsp3) is 0.150. The molecule has 2 N–H and O–H groups in total. The molecule has 0 unspecified atom stereocenters. The molecule has 2 aromatic carbocycles. The van der Waals surface area contributed by atoms with Gasteiger partial charge in [-0.1, -0.05) is 30.3 Å². The summed E-state index contributed by atoms with van der Waals surface area (Å²) in [6, 6.07) is 17.3. The van der Waals surface area contributed by atoms with E-state index in [0.717, 1.165) is 16.9 Å². The molecule has 0 spiro atoms. The van der Waals surface area contributed by atoms with Gasteiger partial charge in [-0.15, -0.1) is 11.8 Å². The number of hydrogen-bond acceptors (Lipinski definition) is 5. The Hall–Kier alpha value is -3.06. The van der Waals surface area contributed by atoms with Crippen LogP contribution in [0.25, 0.3) is 0 Å². The standard InChI is InChI=1S/C20H19N5OS/c1-13-17(19(26)24-15-6-4-3-5-7-15)18(25-20(23-13)21-12-22-25)14-8-10-16(27-2)11-9-14/h3-12,18H,1-2H3,(H,24,26)(H,21,22,23)/t18-/m1/s1. The maximum absolute atomic E-state index is 13.1. The summed E-state index contributed by atoms with van der Waals surface area (Å²) >= 11 is 1.68. The second kappa shape index (κ2) is 7.28. The molecule has 1 atom stereocenters. The van der Waals surface area contributed by atoms with E-state index in [1.165, 1.54) is 11.2 Å². The lowest BCUT2D eigenvalue weighted by atomic mass is 9.95. The molecule has 6 nitrogen and oxygen atoms in total. The zero-order valence-corrected chi connectivity index (χ0v) is 15.8. The lowest BCUT2D eigenvalue weighted by Gasteiger charge is -2.28. The van der Waals surface area contributed by atoms with E-state index in [0.29, 0.717) is 11.5 Å². The average molecular weight is 377 g/mol. The largest absolute Gasteiger partial charge is 0.328 e. The van der Waals surface area contributed by atoms with E-state index in [2.05, 4.69) is 32.8 Å². The summed E-state index contributed by atoms with van der Waals surface area (Å²) in [4.78, 5) is 18.6. The molecular weight excluding hydrogens is 358 g/mol. The predicted octanol–water partition coefficient (Wildman–Crippen LogP) is 3.93.